The van der Waals surface area contributed by atoms with Gasteiger partial charge in [-0.25, -0.2) is 0 Å². The lowest BCUT2D eigenvalue weighted by Crippen LogP contribution is -2.12. The molecule has 0 saturated carbocycles. The average Bonchev–Trinajstić information content (AvgIpc) is 2.67. The molecule has 2 aromatic rings. The van der Waals surface area contributed by atoms with Crippen LogP contribution < -0.4 is 14.8 Å². The Morgan fingerprint density at radius 1 is 0.846 bits per heavy atom. The Balaban J connectivity index is 1.83. The first-order valence-electron chi connectivity index (χ1n) is 8.56. The third-order valence-corrected chi connectivity index (χ3v) is 3.49. The van der Waals surface area contributed by atoms with Gasteiger partial charge in [-0.2, -0.15) is 0 Å². The van der Waals surface area contributed by atoms with Crippen molar-refractivity contribution in [1.82, 2.24) is 0 Å². The second-order valence-electron chi connectivity index (χ2n) is 5.39. The van der Waals surface area contributed by atoms with E-state index >= 15 is 0 Å². The monoisotopic (exact) mass is 359 g/mol. The van der Waals surface area contributed by atoms with E-state index in [4.69, 9.17) is 18.9 Å². The molecule has 0 aliphatic carbocycles. The van der Waals surface area contributed by atoms with E-state index in [9.17, 15) is 4.79 Å². The van der Waals surface area contributed by atoms with Crippen molar-refractivity contribution in [2.75, 3.05) is 45.5 Å². The van der Waals surface area contributed by atoms with Gasteiger partial charge in [-0.1, -0.05) is 0 Å². The molecule has 0 saturated heterocycles. The molecular weight excluding hydrogens is 334 g/mol. The number of hydrogen-bond donors (Lipinski definition) is 1. The molecule has 0 spiro atoms. The summed E-state index contributed by atoms with van der Waals surface area (Å²) in [5.41, 5.74) is 1.26. The molecule has 6 nitrogen and oxygen atoms in total. The number of rotatable bonds is 11. The molecule has 2 aromatic carbocycles. The van der Waals surface area contributed by atoms with Gasteiger partial charge < -0.3 is 24.3 Å². The number of methoxy groups -OCH3 is 1. The second kappa shape index (κ2) is 11.1. The van der Waals surface area contributed by atoms with E-state index in [0.717, 1.165) is 5.75 Å². The highest BCUT2D eigenvalue weighted by atomic mass is 16.5. The van der Waals surface area contributed by atoms with E-state index in [1.807, 2.05) is 19.1 Å². The Morgan fingerprint density at radius 3 is 2.00 bits per heavy atom. The molecule has 0 unspecified atom stereocenters. The number of amides is 1. The van der Waals surface area contributed by atoms with Gasteiger partial charge in [0.15, 0.2) is 0 Å². The second-order valence-corrected chi connectivity index (χ2v) is 5.39. The van der Waals surface area contributed by atoms with E-state index in [1.54, 1.807) is 43.5 Å². The van der Waals surface area contributed by atoms with Crippen molar-refractivity contribution < 1.29 is 23.7 Å². The van der Waals surface area contributed by atoms with Gasteiger partial charge in [-0.15, -0.1) is 0 Å². The van der Waals surface area contributed by atoms with Crippen LogP contribution in [0.1, 0.15) is 17.3 Å². The normalized spacial score (nSPS) is 10.4. The highest BCUT2D eigenvalue weighted by molar-refractivity contribution is 6.04. The Hall–Kier alpha value is -2.57. The van der Waals surface area contributed by atoms with Crippen molar-refractivity contribution in [3.05, 3.63) is 54.1 Å². The fourth-order valence-corrected chi connectivity index (χ4v) is 2.15. The summed E-state index contributed by atoms with van der Waals surface area (Å²) in [7, 11) is 1.62. The van der Waals surface area contributed by atoms with E-state index in [2.05, 4.69) is 5.32 Å². The molecule has 0 aromatic heterocycles. The minimum atomic E-state index is -0.182. The van der Waals surface area contributed by atoms with Crippen LogP contribution in [0.5, 0.6) is 11.5 Å². The van der Waals surface area contributed by atoms with Gasteiger partial charge in [0, 0.05) is 25.0 Å². The van der Waals surface area contributed by atoms with E-state index in [1.165, 1.54) is 0 Å². The number of carbonyl (C=O) groups is 1. The molecule has 1 amide bonds. The number of anilines is 1. The van der Waals surface area contributed by atoms with Gasteiger partial charge >= 0.3 is 0 Å². The van der Waals surface area contributed by atoms with Crippen LogP contribution >= 0.6 is 0 Å². The Labute approximate surface area is 154 Å². The first-order chi connectivity index (χ1) is 12.7. The molecule has 0 aliphatic heterocycles. The van der Waals surface area contributed by atoms with E-state index in [0.29, 0.717) is 50.0 Å². The molecule has 0 atom stereocenters. The summed E-state index contributed by atoms with van der Waals surface area (Å²) in [5, 5.41) is 2.85. The maximum Gasteiger partial charge on any atom is 0.255 e. The molecule has 0 heterocycles. The SMILES string of the molecule is CCOCCOc1ccc(NC(=O)c2ccc(OCCOC)cc2)cc1. The van der Waals surface area contributed by atoms with Gasteiger partial charge in [0.25, 0.3) is 5.91 Å². The lowest BCUT2D eigenvalue weighted by atomic mass is 10.2. The van der Waals surface area contributed by atoms with Crippen molar-refractivity contribution in [3.8, 4) is 11.5 Å². The Bertz CT molecular complexity index is 655. The molecule has 0 aliphatic rings. The number of nitrogens with one attached hydrogen (secondary N) is 1. The fourth-order valence-electron chi connectivity index (χ4n) is 2.15. The summed E-state index contributed by atoms with van der Waals surface area (Å²) in [5.74, 6) is 1.26. The van der Waals surface area contributed by atoms with Crippen LogP contribution in [0.3, 0.4) is 0 Å². The highest BCUT2D eigenvalue weighted by Gasteiger charge is 2.06. The zero-order valence-electron chi connectivity index (χ0n) is 15.2. The predicted molar refractivity (Wildman–Crippen MR) is 100 cm³/mol. The van der Waals surface area contributed by atoms with Crippen molar-refractivity contribution in [2.45, 2.75) is 6.92 Å². The molecule has 0 bridgehead atoms. The lowest BCUT2D eigenvalue weighted by Gasteiger charge is -2.09. The van der Waals surface area contributed by atoms with Crippen molar-refractivity contribution >= 4 is 11.6 Å². The average molecular weight is 359 g/mol. The molecule has 0 radical (unpaired) electrons. The molecule has 26 heavy (non-hydrogen) atoms. The summed E-state index contributed by atoms with van der Waals surface area (Å²) in [6.07, 6.45) is 0. The lowest BCUT2D eigenvalue weighted by molar-refractivity contribution is 0.102. The Kier molecular flexibility index (Phi) is 8.45. The van der Waals surface area contributed by atoms with Crippen LogP contribution in [0.25, 0.3) is 0 Å². The third-order valence-electron chi connectivity index (χ3n) is 3.49. The van der Waals surface area contributed by atoms with Crippen LogP contribution in [0.15, 0.2) is 48.5 Å². The van der Waals surface area contributed by atoms with Gasteiger partial charge in [0.1, 0.15) is 24.7 Å². The van der Waals surface area contributed by atoms with Gasteiger partial charge in [0.05, 0.1) is 13.2 Å². The van der Waals surface area contributed by atoms with Crippen LogP contribution in [0, 0.1) is 0 Å². The zero-order chi connectivity index (χ0) is 18.6. The van der Waals surface area contributed by atoms with Gasteiger partial charge in [-0.3, -0.25) is 4.79 Å². The van der Waals surface area contributed by atoms with Gasteiger partial charge in [-0.05, 0) is 55.5 Å². The molecule has 1 N–H and O–H groups in total. The molecule has 6 heteroatoms. The first kappa shape index (κ1) is 19.8. The Morgan fingerprint density at radius 2 is 1.42 bits per heavy atom. The first-order valence-corrected chi connectivity index (χ1v) is 8.56. The summed E-state index contributed by atoms with van der Waals surface area (Å²) in [6.45, 7) is 4.67. The molecule has 140 valence electrons. The predicted octanol–water partition coefficient (Wildman–Crippen LogP) is 3.38. The van der Waals surface area contributed by atoms with Crippen LogP contribution in [0.4, 0.5) is 5.69 Å². The van der Waals surface area contributed by atoms with Crippen molar-refractivity contribution in [1.29, 1.82) is 0 Å². The minimum Gasteiger partial charge on any atom is -0.491 e. The summed E-state index contributed by atoms with van der Waals surface area (Å²) >= 11 is 0. The van der Waals surface area contributed by atoms with Gasteiger partial charge in [0.2, 0.25) is 0 Å². The summed E-state index contributed by atoms with van der Waals surface area (Å²) in [4.78, 5) is 12.3. The third kappa shape index (κ3) is 6.74. The molecular formula is C20H25NO5. The summed E-state index contributed by atoms with van der Waals surface area (Å²) < 4.78 is 21.2. The minimum absolute atomic E-state index is 0.182. The topological polar surface area (TPSA) is 66.0 Å². The number of benzene rings is 2. The molecule has 0 fully saturated rings. The maximum absolute atomic E-state index is 12.3. The maximum atomic E-state index is 12.3. The quantitative estimate of drug-likeness (QED) is 0.623. The fraction of sp³-hybridized carbons (Fsp3) is 0.350. The smallest absolute Gasteiger partial charge is 0.255 e. The van der Waals surface area contributed by atoms with Crippen LogP contribution in [-0.4, -0.2) is 46.1 Å². The van der Waals surface area contributed by atoms with E-state index < -0.39 is 0 Å². The van der Waals surface area contributed by atoms with Crippen LogP contribution in [0.2, 0.25) is 0 Å². The number of ether oxygens (including phenoxy) is 4. The zero-order valence-corrected chi connectivity index (χ0v) is 15.2. The summed E-state index contributed by atoms with van der Waals surface area (Å²) in [6, 6.07) is 14.2. The van der Waals surface area contributed by atoms with Crippen molar-refractivity contribution in [3.63, 3.8) is 0 Å². The van der Waals surface area contributed by atoms with Crippen LogP contribution in [-0.2, 0) is 9.47 Å². The largest absolute Gasteiger partial charge is 0.491 e. The standard InChI is InChI=1S/C20H25NO5/c1-3-24-13-15-26-19-10-6-17(7-11-19)21-20(22)16-4-8-18(9-5-16)25-14-12-23-2/h4-11H,3,12-15H2,1-2H3,(H,21,22). The number of hydrogen-bond acceptors (Lipinski definition) is 5. The van der Waals surface area contributed by atoms with Crippen molar-refractivity contribution in [2.24, 2.45) is 0 Å². The molecule has 2 rings (SSSR count). The van der Waals surface area contributed by atoms with E-state index in [-0.39, 0.29) is 5.91 Å². The highest BCUT2D eigenvalue weighted by Crippen LogP contribution is 2.17. The number of carbonyl (C=O) groups excluding carboxylic acids is 1.